The Labute approximate surface area is 168 Å². The first-order valence-electron chi connectivity index (χ1n) is 8.53. The van der Waals surface area contributed by atoms with E-state index in [1.54, 1.807) is 37.3 Å². The van der Waals surface area contributed by atoms with Crippen LogP contribution in [0.5, 0.6) is 0 Å². The number of benzene rings is 1. The van der Waals surface area contributed by atoms with E-state index in [0.717, 1.165) is 0 Å². The summed E-state index contributed by atoms with van der Waals surface area (Å²) in [7, 11) is -3.47. The number of amides is 1. The van der Waals surface area contributed by atoms with Gasteiger partial charge in [-0.2, -0.15) is 0 Å². The average Bonchev–Trinajstić information content (AvgIpc) is 3.05. The molecule has 2 heterocycles. The summed E-state index contributed by atoms with van der Waals surface area (Å²) in [6.45, 7) is 2.48. The number of hydrogen-bond acceptors (Lipinski definition) is 4. The quantitative estimate of drug-likeness (QED) is 0.785. The maximum atomic E-state index is 12.7. The van der Waals surface area contributed by atoms with Crippen LogP contribution in [0.4, 0.5) is 0 Å². The van der Waals surface area contributed by atoms with Crippen LogP contribution in [0, 0.1) is 6.92 Å². The van der Waals surface area contributed by atoms with Crippen LogP contribution in [-0.4, -0.2) is 37.8 Å². The number of piperidine rings is 1. The van der Waals surface area contributed by atoms with E-state index >= 15 is 0 Å². The number of halogens is 2. The largest absolute Gasteiger partial charge is 0.456 e. The number of nitrogens with one attached hydrogen (secondary N) is 1. The van der Waals surface area contributed by atoms with E-state index in [1.165, 1.54) is 4.31 Å². The molecule has 0 atom stereocenters. The Bertz CT molecular complexity index is 935. The monoisotopic (exact) mass is 430 g/mol. The molecule has 9 heteroatoms. The number of rotatable bonds is 5. The second-order valence-corrected chi connectivity index (χ2v) is 9.35. The zero-order valence-corrected chi connectivity index (χ0v) is 17.1. The minimum absolute atomic E-state index is 0.0840. The van der Waals surface area contributed by atoms with E-state index in [2.05, 4.69) is 5.32 Å². The summed E-state index contributed by atoms with van der Waals surface area (Å²) in [5, 5.41) is 3.62. The molecule has 1 fully saturated rings. The fourth-order valence-electron chi connectivity index (χ4n) is 3.02. The molecule has 1 aromatic heterocycles. The number of carbonyl (C=O) groups is 1. The van der Waals surface area contributed by atoms with Crippen LogP contribution in [0.15, 0.2) is 34.7 Å². The lowest BCUT2D eigenvalue weighted by molar-refractivity contribution is 0.0894. The third kappa shape index (κ3) is 5.04. The summed E-state index contributed by atoms with van der Waals surface area (Å²) in [6.07, 6.45) is 1.10. The van der Waals surface area contributed by atoms with E-state index in [1.807, 2.05) is 0 Å². The number of furan rings is 1. The Balaban J connectivity index is 1.56. The molecule has 0 spiro atoms. The molecule has 2 aromatic rings. The zero-order chi connectivity index (χ0) is 19.6. The predicted octanol–water partition coefficient (Wildman–Crippen LogP) is 3.62. The maximum absolute atomic E-state index is 12.7. The van der Waals surface area contributed by atoms with Gasteiger partial charge in [0.05, 0.1) is 15.8 Å². The summed E-state index contributed by atoms with van der Waals surface area (Å²) in [5.41, 5.74) is 0.591. The second kappa shape index (κ2) is 8.22. The van der Waals surface area contributed by atoms with Crippen LogP contribution in [0.25, 0.3) is 0 Å². The molecule has 0 unspecified atom stereocenters. The van der Waals surface area contributed by atoms with Crippen molar-refractivity contribution in [2.75, 3.05) is 13.1 Å². The van der Waals surface area contributed by atoms with E-state index in [0.29, 0.717) is 47.3 Å². The second-order valence-electron chi connectivity index (χ2n) is 6.56. The third-order valence-electron chi connectivity index (χ3n) is 4.48. The number of carbonyl (C=O) groups excluding carboxylic acids is 1. The van der Waals surface area contributed by atoms with Gasteiger partial charge in [-0.05, 0) is 49.6 Å². The van der Waals surface area contributed by atoms with Crippen LogP contribution >= 0.6 is 23.2 Å². The molecular formula is C18H20Cl2N2O4S. The van der Waals surface area contributed by atoms with Gasteiger partial charge in [0.25, 0.3) is 5.91 Å². The number of sulfonamides is 1. The highest BCUT2D eigenvalue weighted by atomic mass is 35.5. The van der Waals surface area contributed by atoms with Crippen molar-refractivity contribution >= 4 is 39.1 Å². The topological polar surface area (TPSA) is 79.6 Å². The summed E-state index contributed by atoms with van der Waals surface area (Å²) in [5.74, 6) is 0.526. The first-order valence-corrected chi connectivity index (χ1v) is 10.9. The van der Waals surface area contributed by atoms with Gasteiger partial charge in [0.2, 0.25) is 10.0 Å². The first-order chi connectivity index (χ1) is 12.7. The van der Waals surface area contributed by atoms with Gasteiger partial charge < -0.3 is 9.73 Å². The molecule has 1 N–H and O–H groups in total. The van der Waals surface area contributed by atoms with E-state index < -0.39 is 10.0 Å². The lowest BCUT2D eigenvalue weighted by atomic mass is 10.1. The minimum atomic E-state index is -3.47. The molecule has 27 heavy (non-hydrogen) atoms. The molecule has 1 aliphatic rings. The van der Waals surface area contributed by atoms with E-state index in [4.69, 9.17) is 27.6 Å². The van der Waals surface area contributed by atoms with Gasteiger partial charge in [0.1, 0.15) is 5.76 Å². The van der Waals surface area contributed by atoms with Gasteiger partial charge in [-0.3, -0.25) is 4.79 Å². The smallest absolute Gasteiger partial charge is 0.287 e. The molecule has 1 saturated heterocycles. The van der Waals surface area contributed by atoms with Crippen molar-refractivity contribution < 1.29 is 17.6 Å². The lowest BCUT2D eigenvalue weighted by Crippen LogP contribution is -2.46. The van der Waals surface area contributed by atoms with Crippen molar-refractivity contribution in [1.29, 1.82) is 0 Å². The van der Waals surface area contributed by atoms with Gasteiger partial charge >= 0.3 is 0 Å². The van der Waals surface area contributed by atoms with Gasteiger partial charge in [0.15, 0.2) is 5.76 Å². The SMILES string of the molecule is Cc1ccc(C(=O)NC2CCN(S(=O)(=O)Cc3ccc(Cl)c(Cl)c3)CC2)o1. The van der Waals surface area contributed by atoms with Crippen molar-refractivity contribution in [3.05, 3.63) is 57.5 Å². The highest BCUT2D eigenvalue weighted by Crippen LogP contribution is 2.25. The highest BCUT2D eigenvalue weighted by Gasteiger charge is 2.29. The number of aryl methyl sites for hydroxylation is 1. The van der Waals surface area contributed by atoms with Crippen molar-refractivity contribution in [3.8, 4) is 0 Å². The normalized spacial score (nSPS) is 16.4. The van der Waals surface area contributed by atoms with Crippen molar-refractivity contribution in [1.82, 2.24) is 9.62 Å². The van der Waals surface area contributed by atoms with Crippen LogP contribution < -0.4 is 5.32 Å². The summed E-state index contributed by atoms with van der Waals surface area (Å²) < 4.78 is 32.1. The molecular weight excluding hydrogens is 411 g/mol. The molecule has 0 aliphatic carbocycles. The Hall–Kier alpha value is -1.54. The van der Waals surface area contributed by atoms with Gasteiger partial charge in [-0.15, -0.1) is 0 Å². The Morgan fingerprint density at radius 1 is 1.19 bits per heavy atom. The first kappa shape index (κ1) is 20.2. The third-order valence-corrected chi connectivity index (χ3v) is 7.07. The number of hydrogen-bond donors (Lipinski definition) is 1. The summed E-state index contributed by atoms with van der Waals surface area (Å²) in [4.78, 5) is 12.1. The van der Waals surface area contributed by atoms with E-state index in [-0.39, 0.29) is 23.5 Å². The molecule has 146 valence electrons. The molecule has 0 radical (unpaired) electrons. The zero-order valence-electron chi connectivity index (χ0n) is 14.7. The van der Waals surface area contributed by atoms with Gasteiger partial charge in [-0.25, -0.2) is 12.7 Å². The Morgan fingerprint density at radius 2 is 1.89 bits per heavy atom. The average molecular weight is 431 g/mol. The van der Waals surface area contributed by atoms with Crippen molar-refractivity contribution in [3.63, 3.8) is 0 Å². The molecule has 1 aromatic carbocycles. The van der Waals surface area contributed by atoms with Gasteiger partial charge in [-0.1, -0.05) is 29.3 Å². The molecule has 0 bridgehead atoms. The van der Waals surface area contributed by atoms with Gasteiger partial charge in [0, 0.05) is 19.1 Å². The lowest BCUT2D eigenvalue weighted by Gasteiger charge is -2.31. The molecule has 1 amide bonds. The Kier molecular flexibility index (Phi) is 6.15. The Morgan fingerprint density at radius 3 is 2.48 bits per heavy atom. The molecule has 3 rings (SSSR count). The van der Waals surface area contributed by atoms with Crippen LogP contribution in [0.1, 0.15) is 34.7 Å². The fourth-order valence-corrected chi connectivity index (χ4v) is 4.89. The highest BCUT2D eigenvalue weighted by molar-refractivity contribution is 7.88. The van der Waals surface area contributed by atoms with Crippen LogP contribution in [0.2, 0.25) is 10.0 Å². The summed E-state index contributed by atoms with van der Waals surface area (Å²) in [6, 6.07) is 8.09. The molecule has 0 saturated carbocycles. The fraction of sp³-hybridized carbons (Fsp3) is 0.389. The maximum Gasteiger partial charge on any atom is 0.287 e. The molecule has 1 aliphatic heterocycles. The van der Waals surface area contributed by atoms with Crippen molar-refractivity contribution in [2.24, 2.45) is 0 Å². The predicted molar refractivity (Wildman–Crippen MR) is 105 cm³/mol. The number of nitrogens with zero attached hydrogens (tertiary/aromatic N) is 1. The summed E-state index contributed by atoms with van der Waals surface area (Å²) >= 11 is 11.8. The van der Waals surface area contributed by atoms with E-state index in [9.17, 15) is 13.2 Å². The van der Waals surface area contributed by atoms with Crippen LogP contribution in [0.3, 0.4) is 0 Å². The standard InChI is InChI=1S/C18H20Cl2N2O4S/c1-12-2-5-17(26-12)18(23)21-14-6-8-22(9-7-14)27(24,25)11-13-3-4-15(19)16(20)10-13/h2-5,10,14H,6-9,11H2,1H3,(H,21,23). The minimum Gasteiger partial charge on any atom is -0.456 e. The van der Waals surface area contributed by atoms with Crippen molar-refractivity contribution in [2.45, 2.75) is 31.6 Å². The van der Waals surface area contributed by atoms with Crippen LogP contribution in [-0.2, 0) is 15.8 Å². The molecule has 6 nitrogen and oxygen atoms in total.